The van der Waals surface area contributed by atoms with Crippen molar-refractivity contribution < 1.29 is 4.39 Å². The van der Waals surface area contributed by atoms with Crippen LogP contribution in [0, 0.1) is 5.82 Å². The van der Waals surface area contributed by atoms with Crippen LogP contribution in [0.4, 0.5) is 4.39 Å². The largest absolute Gasteiger partial charge is 0.220 e. The lowest BCUT2D eigenvalue weighted by molar-refractivity contribution is 0.628. The number of aryl methyl sites for hydroxylation is 1. The topological polar surface area (TPSA) is 25.8 Å². The molecule has 2 rings (SSSR count). The minimum Gasteiger partial charge on any atom is -0.220 e. The first-order valence-corrected chi connectivity index (χ1v) is 6.35. The van der Waals surface area contributed by atoms with Crippen molar-refractivity contribution >= 4 is 23.2 Å². The first kappa shape index (κ1) is 13.2. The highest BCUT2D eigenvalue weighted by molar-refractivity contribution is 6.37. The molecule has 0 radical (unpaired) electrons. The molecular formula is C13H11Cl2FN2. The monoisotopic (exact) mass is 284 g/mol. The summed E-state index contributed by atoms with van der Waals surface area (Å²) in [7, 11) is 0. The third-order valence-electron chi connectivity index (χ3n) is 2.45. The Balaban J connectivity index is 2.51. The first-order chi connectivity index (χ1) is 8.61. The van der Waals surface area contributed by atoms with Gasteiger partial charge in [0, 0.05) is 6.42 Å². The Kier molecular flexibility index (Phi) is 4.15. The second-order valence-corrected chi connectivity index (χ2v) is 4.57. The van der Waals surface area contributed by atoms with Crippen molar-refractivity contribution in [3.8, 4) is 11.1 Å². The second-order valence-electron chi connectivity index (χ2n) is 3.86. The van der Waals surface area contributed by atoms with Crippen LogP contribution in [0.5, 0.6) is 0 Å². The molecule has 0 aliphatic carbocycles. The molecule has 0 fully saturated rings. The van der Waals surface area contributed by atoms with Gasteiger partial charge in [0.05, 0.1) is 5.56 Å². The average Bonchev–Trinajstić information content (AvgIpc) is 2.28. The quantitative estimate of drug-likeness (QED) is 0.773. The van der Waals surface area contributed by atoms with Crippen LogP contribution in [-0.2, 0) is 6.42 Å². The smallest absolute Gasteiger partial charge is 0.142 e. The van der Waals surface area contributed by atoms with Crippen LogP contribution in [0.1, 0.15) is 19.2 Å². The van der Waals surface area contributed by atoms with Gasteiger partial charge in [-0.2, -0.15) is 0 Å². The normalized spacial score (nSPS) is 10.7. The van der Waals surface area contributed by atoms with Crippen LogP contribution in [0.3, 0.4) is 0 Å². The number of aromatic nitrogens is 2. The molecule has 0 aliphatic heterocycles. The Hall–Kier alpha value is -1.19. The van der Waals surface area contributed by atoms with Gasteiger partial charge >= 0.3 is 0 Å². The SMILES string of the molecule is CCCc1nc(Cl)c(-c2cccc(F)c2)c(Cl)n1. The van der Waals surface area contributed by atoms with Crippen molar-refractivity contribution in [1.82, 2.24) is 9.97 Å². The third kappa shape index (κ3) is 2.79. The van der Waals surface area contributed by atoms with Gasteiger partial charge in [-0.05, 0) is 24.1 Å². The number of hydrogen-bond acceptors (Lipinski definition) is 2. The van der Waals surface area contributed by atoms with Gasteiger partial charge < -0.3 is 0 Å². The molecule has 1 heterocycles. The van der Waals surface area contributed by atoms with Gasteiger partial charge in [0.1, 0.15) is 21.9 Å². The second kappa shape index (κ2) is 5.63. The lowest BCUT2D eigenvalue weighted by Crippen LogP contribution is -1.98. The maximum Gasteiger partial charge on any atom is 0.142 e. The van der Waals surface area contributed by atoms with E-state index in [9.17, 15) is 4.39 Å². The number of halogens is 3. The molecule has 0 aliphatic rings. The van der Waals surface area contributed by atoms with Crippen molar-refractivity contribution in [3.05, 3.63) is 46.2 Å². The summed E-state index contributed by atoms with van der Waals surface area (Å²) < 4.78 is 13.2. The van der Waals surface area contributed by atoms with Crippen molar-refractivity contribution in [2.75, 3.05) is 0 Å². The Labute approximate surface area is 115 Å². The van der Waals surface area contributed by atoms with E-state index in [2.05, 4.69) is 9.97 Å². The summed E-state index contributed by atoms with van der Waals surface area (Å²) in [5, 5.41) is 0.508. The van der Waals surface area contributed by atoms with Gasteiger partial charge in [0.15, 0.2) is 0 Å². The van der Waals surface area contributed by atoms with Gasteiger partial charge in [-0.15, -0.1) is 0 Å². The fourth-order valence-electron chi connectivity index (χ4n) is 1.67. The highest BCUT2D eigenvalue weighted by Gasteiger charge is 2.13. The zero-order valence-corrected chi connectivity index (χ0v) is 11.3. The molecule has 1 aromatic heterocycles. The standard InChI is InChI=1S/C13H11Cl2FN2/c1-2-4-10-17-12(14)11(13(15)18-10)8-5-3-6-9(16)7-8/h3,5-7H,2,4H2,1H3. The lowest BCUT2D eigenvalue weighted by Gasteiger charge is -2.08. The summed E-state index contributed by atoms with van der Waals surface area (Å²) in [4.78, 5) is 8.35. The summed E-state index contributed by atoms with van der Waals surface area (Å²) in [6.45, 7) is 2.02. The predicted octanol–water partition coefficient (Wildman–Crippen LogP) is 4.54. The zero-order valence-electron chi connectivity index (χ0n) is 9.75. The van der Waals surface area contributed by atoms with Gasteiger partial charge in [0.25, 0.3) is 0 Å². The van der Waals surface area contributed by atoms with Crippen LogP contribution in [0.15, 0.2) is 24.3 Å². The van der Waals surface area contributed by atoms with Gasteiger partial charge in [-0.25, -0.2) is 14.4 Å². The molecular weight excluding hydrogens is 274 g/mol. The fourth-order valence-corrected chi connectivity index (χ4v) is 2.31. The molecule has 5 heteroatoms. The summed E-state index contributed by atoms with van der Waals surface area (Å²) in [5.41, 5.74) is 1.05. The molecule has 1 aromatic carbocycles. The van der Waals surface area contributed by atoms with E-state index < -0.39 is 0 Å². The van der Waals surface area contributed by atoms with E-state index in [1.165, 1.54) is 12.1 Å². The molecule has 2 nitrogen and oxygen atoms in total. The molecule has 94 valence electrons. The highest BCUT2D eigenvalue weighted by atomic mass is 35.5. The van der Waals surface area contributed by atoms with E-state index in [4.69, 9.17) is 23.2 Å². The Morgan fingerprint density at radius 3 is 2.39 bits per heavy atom. The van der Waals surface area contributed by atoms with E-state index in [1.807, 2.05) is 6.92 Å². The van der Waals surface area contributed by atoms with Gasteiger partial charge in [0.2, 0.25) is 0 Å². The minimum absolute atomic E-state index is 0.254. The van der Waals surface area contributed by atoms with Crippen LogP contribution < -0.4 is 0 Å². The van der Waals surface area contributed by atoms with Gasteiger partial charge in [-0.1, -0.05) is 42.3 Å². The number of hydrogen-bond donors (Lipinski definition) is 0. The number of benzene rings is 1. The molecule has 0 unspecified atom stereocenters. The molecule has 2 aromatic rings. The molecule has 0 saturated heterocycles. The molecule has 0 N–H and O–H groups in total. The third-order valence-corrected chi connectivity index (χ3v) is 3.00. The summed E-state index contributed by atoms with van der Waals surface area (Å²) >= 11 is 12.2. The molecule has 0 bridgehead atoms. The van der Waals surface area contributed by atoms with E-state index in [0.717, 1.165) is 6.42 Å². The van der Waals surface area contributed by atoms with E-state index in [1.54, 1.807) is 12.1 Å². The van der Waals surface area contributed by atoms with Crippen LogP contribution in [0.2, 0.25) is 10.3 Å². The fraction of sp³-hybridized carbons (Fsp3) is 0.231. The zero-order chi connectivity index (χ0) is 13.1. The number of nitrogens with zero attached hydrogens (tertiary/aromatic N) is 2. The molecule has 0 spiro atoms. The van der Waals surface area contributed by atoms with Crippen molar-refractivity contribution in [2.45, 2.75) is 19.8 Å². The minimum atomic E-state index is -0.350. The van der Waals surface area contributed by atoms with Gasteiger partial charge in [-0.3, -0.25) is 0 Å². The molecule has 0 atom stereocenters. The van der Waals surface area contributed by atoms with Crippen LogP contribution >= 0.6 is 23.2 Å². The molecule has 0 saturated carbocycles. The maximum absolute atomic E-state index is 13.2. The number of rotatable bonds is 3. The summed E-state index contributed by atoms with van der Waals surface area (Å²) in [5.74, 6) is 0.255. The van der Waals surface area contributed by atoms with Crippen molar-refractivity contribution in [2.24, 2.45) is 0 Å². The summed E-state index contributed by atoms with van der Waals surface area (Å²) in [6.07, 6.45) is 1.62. The Bertz CT molecular complexity index is 550. The lowest BCUT2D eigenvalue weighted by atomic mass is 10.1. The van der Waals surface area contributed by atoms with Crippen molar-refractivity contribution in [3.63, 3.8) is 0 Å². The van der Waals surface area contributed by atoms with E-state index >= 15 is 0 Å². The Morgan fingerprint density at radius 2 is 1.83 bits per heavy atom. The Morgan fingerprint density at radius 1 is 1.17 bits per heavy atom. The first-order valence-electron chi connectivity index (χ1n) is 5.59. The molecule has 0 amide bonds. The van der Waals surface area contributed by atoms with E-state index in [-0.39, 0.29) is 16.1 Å². The van der Waals surface area contributed by atoms with Crippen molar-refractivity contribution in [1.29, 1.82) is 0 Å². The highest BCUT2D eigenvalue weighted by Crippen LogP contribution is 2.32. The maximum atomic E-state index is 13.2. The summed E-state index contributed by atoms with van der Waals surface area (Å²) in [6, 6.07) is 6.03. The van der Waals surface area contributed by atoms with Crippen LogP contribution in [0.25, 0.3) is 11.1 Å². The predicted molar refractivity (Wildman–Crippen MR) is 71.4 cm³/mol. The van der Waals surface area contributed by atoms with E-state index in [0.29, 0.717) is 23.4 Å². The molecule has 18 heavy (non-hydrogen) atoms. The average molecular weight is 285 g/mol. The van der Waals surface area contributed by atoms with Crippen LogP contribution in [-0.4, -0.2) is 9.97 Å².